The second kappa shape index (κ2) is 5.27. The highest BCUT2D eigenvalue weighted by atomic mass is 35.7. The third-order valence-electron chi connectivity index (χ3n) is 2.40. The first-order chi connectivity index (χ1) is 8.93. The van der Waals surface area contributed by atoms with Gasteiger partial charge in [-0.1, -0.05) is 0 Å². The number of aromatic nitrogens is 5. The van der Waals surface area contributed by atoms with Crippen LogP contribution in [0.25, 0.3) is 11.5 Å². The summed E-state index contributed by atoms with van der Waals surface area (Å²) in [6, 6.07) is 1.71. The maximum Gasteiger partial charge on any atom is 0.296 e. The fourth-order valence-corrected chi connectivity index (χ4v) is 2.50. The minimum absolute atomic E-state index is 0.261. The van der Waals surface area contributed by atoms with Gasteiger partial charge in [-0.3, -0.25) is 9.25 Å². The molecule has 2 rings (SSSR count). The molecule has 0 spiro atoms. The molecule has 0 aliphatic heterocycles. The van der Waals surface area contributed by atoms with Gasteiger partial charge >= 0.3 is 0 Å². The van der Waals surface area contributed by atoms with E-state index in [9.17, 15) is 8.42 Å². The Morgan fingerprint density at radius 1 is 1.42 bits per heavy atom. The lowest BCUT2D eigenvalue weighted by Crippen LogP contribution is -2.11. The Balaban J connectivity index is 2.52. The lowest BCUT2D eigenvalue weighted by Gasteiger charge is -2.06. The standard InChI is InChI=1S/C9H12ClN5O3S/c1-14-4-3-7(13-14)8-11-12-9(19(10,16)17)15(8)5-6-18-2/h3-4H,5-6H2,1-2H3. The minimum atomic E-state index is -3.97. The van der Waals surface area contributed by atoms with Crippen LogP contribution in [0.5, 0.6) is 0 Å². The van der Waals surface area contributed by atoms with Crippen LogP contribution in [0, 0.1) is 0 Å². The number of ether oxygens (including phenoxy) is 1. The Bertz CT molecular complexity index is 678. The van der Waals surface area contributed by atoms with Crippen molar-refractivity contribution in [3.63, 3.8) is 0 Å². The number of nitrogens with zero attached hydrogens (tertiary/aromatic N) is 5. The highest BCUT2D eigenvalue weighted by Gasteiger charge is 2.24. The van der Waals surface area contributed by atoms with Crippen LogP contribution in [0.1, 0.15) is 0 Å². The molecule has 0 unspecified atom stereocenters. The Labute approximate surface area is 114 Å². The predicted octanol–water partition coefficient (Wildman–Crippen LogP) is 0.253. The fraction of sp³-hybridized carbons (Fsp3) is 0.444. The summed E-state index contributed by atoms with van der Waals surface area (Å²) in [5.74, 6) is 0.330. The lowest BCUT2D eigenvalue weighted by molar-refractivity contribution is 0.185. The molecular weight excluding hydrogens is 294 g/mol. The smallest absolute Gasteiger partial charge is 0.296 e. The Morgan fingerprint density at radius 2 is 2.16 bits per heavy atom. The molecule has 104 valence electrons. The maximum atomic E-state index is 11.4. The zero-order valence-corrected chi connectivity index (χ0v) is 11.9. The molecule has 2 heterocycles. The summed E-state index contributed by atoms with van der Waals surface area (Å²) in [6.07, 6.45) is 1.72. The third-order valence-corrected chi connectivity index (χ3v) is 3.55. The van der Waals surface area contributed by atoms with Crippen LogP contribution in [0.15, 0.2) is 17.4 Å². The van der Waals surface area contributed by atoms with E-state index in [0.717, 1.165) is 0 Å². The molecular formula is C9H12ClN5O3S. The lowest BCUT2D eigenvalue weighted by atomic mass is 10.4. The van der Waals surface area contributed by atoms with Crippen LogP contribution in [-0.4, -0.2) is 46.7 Å². The number of halogens is 1. The van der Waals surface area contributed by atoms with Gasteiger partial charge in [0.05, 0.1) is 13.2 Å². The van der Waals surface area contributed by atoms with E-state index < -0.39 is 9.05 Å². The molecule has 2 aromatic rings. The van der Waals surface area contributed by atoms with Crippen molar-refractivity contribution < 1.29 is 13.2 Å². The Kier molecular flexibility index (Phi) is 3.88. The SMILES string of the molecule is COCCn1c(-c2ccn(C)n2)nnc1S(=O)(=O)Cl. The predicted molar refractivity (Wildman–Crippen MR) is 67.1 cm³/mol. The van der Waals surface area contributed by atoms with E-state index >= 15 is 0 Å². The first-order valence-electron chi connectivity index (χ1n) is 5.30. The summed E-state index contributed by atoms with van der Waals surface area (Å²) in [5, 5.41) is 11.3. The van der Waals surface area contributed by atoms with Crippen molar-refractivity contribution >= 4 is 19.7 Å². The van der Waals surface area contributed by atoms with Gasteiger partial charge in [-0.05, 0) is 6.07 Å². The van der Waals surface area contributed by atoms with Crippen LogP contribution >= 0.6 is 10.7 Å². The van der Waals surface area contributed by atoms with Gasteiger partial charge in [-0.15, -0.1) is 10.2 Å². The van der Waals surface area contributed by atoms with Gasteiger partial charge in [0.2, 0.25) is 0 Å². The molecule has 0 N–H and O–H groups in total. The van der Waals surface area contributed by atoms with Gasteiger partial charge in [0.1, 0.15) is 5.69 Å². The molecule has 0 aromatic carbocycles. The van der Waals surface area contributed by atoms with Gasteiger partial charge in [-0.25, -0.2) is 8.42 Å². The molecule has 0 fully saturated rings. The monoisotopic (exact) mass is 305 g/mol. The summed E-state index contributed by atoms with van der Waals surface area (Å²) >= 11 is 0. The van der Waals surface area contributed by atoms with E-state index in [0.29, 0.717) is 18.1 Å². The molecule has 0 saturated heterocycles. The summed E-state index contributed by atoms with van der Waals surface area (Å²) in [5.41, 5.74) is 0.512. The summed E-state index contributed by atoms with van der Waals surface area (Å²) in [4.78, 5) is 0. The van der Waals surface area contributed by atoms with E-state index in [1.165, 1.54) is 11.7 Å². The first kappa shape index (κ1) is 14.0. The van der Waals surface area contributed by atoms with Crippen LogP contribution in [0.3, 0.4) is 0 Å². The molecule has 19 heavy (non-hydrogen) atoms. The van der Waals surface area contributed by atoms with Gasteiger partial charge in [0.15, 0.2) is 5.82 Å². The molecule has 0 saturated carbocycles. The molecule has 0 aliphatic rings. The second-order valence-electron chi connectivity index (χ2n) is 3.76. The van der Waals surface area contributed by atoms with Crippen molar-refractivity contribution in [2.24, 2.45) is 7.05 Å². The average Bonchev–Trinajstić information content (AvgIpc) is 2.91. The molecule has 10 heteroatoms. The van der Waals surface area contributed by atoms with Crippen molar-refractivity contribution in [1.29, 1.82) is 0 Å². The van der Waals surface area contributed by atoms with Gasteiger partial charge < -0.3 is 4.74 Å². The molecule has 0 radical (unpaired) electrons. The van der Waals surface area contributed by atoms with Crippen molar-refractivity contribution in [2.45, 2.75) is 11.7 Å². The third kappa shape index (κ3) is 2.94. The molecule has 2 aromatic heterocycles. The second-order valence-corrected chi connectivity index (χ2v) is 6.22. The van der Waals surface area contributed by atoms with E-state index in [1.54, 1.807) is 24.0 Å². The average molecular weight is 306 g/mol. The summed E-state index contributed by atoms with van der Waals surface area (Å²) < 4.78 is 30.8. The van der Waals surface area contributed by atoms with Crippen molar-refractivity contribution in [2.75, 3.05) is 13.7 Å². The normalized spacial score (nSPS) is 11.9. The molecule has 0 aliphatic carbocycles. The van der Waals surface area contributed by atoms with Crippen LogP contribution in [0.4, 0.5) is 0 Å². The molecule has 8 nitrogen and oxygen atoms in total. The maximum absolute atomic E-state index is 11.4. The quantitative estimate of drug-likeness (QED) is 0.735. The minimum Gasteiger partial charge on any atom is -0.383 e. The van der Waals surface area contributed by atoms with Crippen LogP contribution in [0.2, 0.25) is 0 Å². The summed E-state index contributed by atoms with van der Waals surface area (Å²) in [7, 11) is 4.62. The number of rotatable bonds is 5. The van der Waals surface area contributed by atoms with E-state index in [1.807, 2.05) is 0 Å². The molecule has 0 atom stereocenters. The number of methoxy groups -OCH3 is 1. The van der Waals surface area contributed by atoms with Gasteiger partial charge in [0.25, 0.3) is 14.2 Å². The number of hydrogen-bond donors (Lipinski definition) is 0. The van der Waals surface area contributed by atoms with E-state index in [4.69, 9.17) is 15.4 Å². The summed E-state index contributed by atoms with van der Waals surface area (Å²) in [6.45, 7) is 0.563. The highest BCUT2D eigenvalue weighted by Crippen LogP contribution is 2.20. The highest BCUT2D eigenvalue weighted by molar-refractivity contribution is 8.13. The van der Waals surface area contributed by atoms with Crippen LogP contribution in [-0.2, 0) is 27.4 Å². The Hall–Kier alpha value is -1.45. The Morgan fingerprint density at radius 3 is 2.68 bits per heavy atom. The molecule has 0 amide bonds. The van der Waals surface area contributed by atoms with E-state index in [2.05, 4.69) is 15.3 Å². The number of hydrogen-bond acceptors (Lipinski definition) is 6. The number of aryl methyl sites for hydroxylation is 1. The van der Waals surface area contributed by atoms with Gasteiger partial charge in [-0.2, -0.15) is 5.10 Å². The van der Waals surface area contributed by atoms with Crippen molar-refractivity contribution in [1.82, 2.24) is 24.5 Å². The zero-order chi connectivity index (χ0) is 14.0. The van der Waals surface area contributed by atoms with Crippen molar-refractivity contribution in [3.8, 4) is 11.5 Å². The topological polar surface area (TPSA) is 91.9 Å². The zero-order valence-electron chi connectivity index (χ0n) is 10.3. The largest absolute Gasteiger partial charge is 0.383 e. The van der Waals surface area contributed by atoms with Crippen LogP contribution < -0.4 is 0 Å². The van der Waals surface area contributed by atoms with E-state index in [-0.39, 0.29) is 11.7 Å². The van der Waals surface area contributed by atoms with Crippen molar-refractivity contribution in [3.05, 3.63) is 12.3 Å². The first-order valence-corrected chi connectivity index (χ1v) is 7.61. The molecule has 0 bridgehead atoms. The fourth-order valence-electron chi connectivity index (χ4n) is 1.58. The van der Waals surface area contributed by atoms with Gasteiger partial charge in [0, 0.05) is 31.0 Å².